The molecule has 0 saturated heterocycles. The summed E-state index contributed by atoms with van der Waals surface area (Å²) in [6, 6.07) is 0. The van der Waals surface area contributed by atoms with E-state index in [4.69, 9.17) is 24.1 Å². The van der Waals surface area contributed by atoms with Crippen LogP contribution >= 0.6 is 0 Å². The molecule has 0 aromatic rings. The van der Waals surface area contributed by atoms with E-state index in [9.17, 15) is 4.79 Å². The normalized spacial score (nSPS) is 11.4. The van der Waals surface area contributed by atoms with Crippen molar-refractivity contribution >= 4 is 5.97 Å². The highest BCUT2D eigenvalue weighted by atomic mass is 16.6. The van der Waals surface area contributed by atoms with Crippen molar-refractivity contribution in [2.45, 2.75) is 96.8 Å². The molecule has 190 valence electrons. The lowest BCUT2D eigenvalue weighted by atomic mass is 10.1. The Morgan fingerprint density at radius 1 is 0.625 bits per heavy atom. The smallest absolute Gasteiger partial charge is 0.305 e. The predicted octanol–water partition coefficient (Wildman–Crippen LogP) is 5.61. The summed E-state index contributed by atoms with van der Waals surface area (Å²) in [4.78, 5) is 11.7. The summed E-state index contributed by atoms with van der Waals surface area (Å²) >= 11 is 0. The van der Waals surface area contributed by atoms with E-state index in [-0.39, 0.29) is 12.6 Å². The second-order valence-electron chi connectivity index (χ2n) is 8.12. The molecule has 0 atom stereocenters. The van der Waals surface area contributed by atoms with Gasteiger partial charge in [-0.2, -0.15) is 0 Å². The van der Waals surface area contributed by atoms with Crippen LogP contribution in [-0.4, -0.2) is 63.9 Å². The zero-order valence-electron chi connectivity index (χ0n) is 20.7. The van der Waals surface area contributed by atoms with Crippen molar-refractivity contribution < 1.29 is 28.8 Å². The summed E-state index contributed by atoms with van der Waals surface area (Å²) in [7, 11) is 0. The van der Waals surface area contributed by atoms with Gasteiger partial charge in [0.15, 0.2) is 0 Å². The maximum Gasteiger partial charge on any atom is 0.305 e. The minimum absolute atomic E-state index is 0.0269. The number of unbranched alkanes of at least 4 members (excludes halogenated alkanes) is 11. The van der Waals surface area contributed by atoms with Gasteiger partial charge >= 0.3 is 5.97 Å². The first-order valence-electron chi connectivity index (χ1n) is 13.0. The van der Waals surface area contributed by atoms with Crippen LogP contribution in [0.2, 0.25) is 0 Å². The average molecular weight is 459 g/mol. The molecule has 0 aromatic heterocycles. The van der Waals surface area contributed by atoms with Gasteiger partial charge in [-0.15, -0.1) is 0 Å². The molecule has 6 heteroatoms. The molecule has 0 aliphatic carbocycles. The molecule has 0 aliphatic rings. The molecule has 0 amide bonds. The van der Waals surface area contributed by atoms with Gasteiger partial charge in [-0.05, 0) is 32.1 Å². The standard InChI is InChI=1S/C26H50O6/c1-2-3-4-5-6-7-8-9-10-11-12-13-14-15-16-17-26(28)32-25-24-31-23-22-30-21-20-29-19-18-27/h9-10,27H,2-8,11-25H2,1H3. The molecule has 1 N–H and O–H groups in total. The predicted molar refractivity (Wildman–Crippen MR) is 130 cm³/mol. The number of rotatable bonds is 26. The number of aliphatic hydroxyl groups is 1. The zero-order chi connectivity index (χ0) is 23.4. The van der Waals surface area contributed by atoms with Gasteiger partial charge in [0.25, 0.3) is 0 Å². The van der Waals surface area contributed by atoms with Crippen LogP contribution in [0, 0.1) is 0 Å². The summed E-state index contributed by atoms with van der Waals surface area (Å²) in [6.45, 7) is 5.20. The molecule has 0 rings (SSSR count). The monoisotopic (exact) mass is 458 g/mol. The Morgan fingerprint density at radius 2 is 1.09 bits per heavy atom. The lowest BCUT2D eigenvalue weighted by Gasteiger charge is -2.07. The number of allylic oxidation sites excluding steroid dienone is 2. The molecular formula is C26H50O6. The van der Waals surface area contributed by atoms with E-state index in [0.29, 0.717) is 52.7 Å². The van der Waals surface area contributed by atoms with E-state index in [0.717, 1.165) is 12.8 Å². The molecule has 0 saturated carbocycles. The zero-order valence-corrected chi connectivity index (χ0v) is 20.7. The third kappa shape index (κ3) is 27.1. The fourth-order valence-electron chi connectivity index (χ4n) is 3.23. The highest BCUT2D eigenvalue weighted by Gasteiger charge is 2.02. The molecule has 32 heavy (non-hydrogen) atoms. The second kappa shape index (κ2) is 28.1. The summed E-state index contributed by atoms with van der Waals surface area (Å²) < 4.78 is 20.9. The molecule has 0 spiro atoms. The van der Waals surface area contributed by atoms with Gasteiger partial charge in [-0.3, -0.25) is 4.79 Å². The SMILES string of the molecule is CCCCCCCCC=CCCCCCCCC(=O)OCCOCCOCCOCCO. The Bertz CT molecular complexity index is 400. The summed E-state index contributed by atoms with van der Waals surface area (Å²) in [5.41, 5.74) is 0. The lowest BCUT2D eigenvalue weighted by Crippen LogP contribution is -2.14. The molecule has 0 bridgehead atoms. The van der Waals surface area contributed by atoms with Crippen molar-refractivity contribution in [3.8, 4) is 0 Å². The van der Waals surface area contributed by atoms with Crippen molar-refractivity contribution in [3.63, 3.8) is 0 Å². The number of hydrogen-bond donors (Lipinski definition) is 1. The van der Waals surface area contributed by atoms with E-state index in [1.54, 1.807) is 0 Å². The topological polar surface area (TPSA) is 74.2 Å². The van der Waals surface area contributed by atoms with E-state index in [2.05, 4.69) is 19.1 Å². The minimum atomic E-state index is -0.136. The van der Waals surface area contributed by atoms with E-state index in [1.165, 1.54) is 70.6 Å². The molecular weight excluding hydrogens is 408 g/mol. The van der Waals surface area contributed by atoms with Gasteiger partial charge < -0.3 is 24.1 Å². The van der Waals surface area contributed by atoms with Crippen LogP contribution < -0.4 is 0 Å². The van der Waals surface area contributed by atoms with Gasteiger partial charge in [0, 0.05) is 6.42 Å². The van der Waals surface area contributed by atoms with Crippen LogP contribution in [0.15, 0.2) is 12.2 Å². The van der Waals surface area contributed by atoms with Crippen molar-refractivity contribution in [2.24, 2.45) is 0 Å². The molecule has 0 heterocycles. The van der Waals surface area contributed by atoms with Crippen molar-refractivity contribution in [1.29, 1.82) is 0 Å². The van der Waals surface area contributed by atoms with Crippen LogP contribution in [-0.2, 0) is 23.7 Å². The van der Waals surface area contributed by atoms with Crippen LogP contribution in [0.25, 0.3) is 0 Å². The largest absolute Gasteiger partial charge is 0.463 e. The summed E-state index contributed by atoms with van der Waals surface area (Å²) in [6.07, 6.45) is 21.5. The molecule has 0 aromatic carbocycles. The Balaban J connectivity index is 3.20. The first-order chi connectivity index (χ1) is 15.8. The van der Waals surface area contributed by atoms with E-state index in [1.807, 2.05) is 0 Å². The van der Waals surface area contributed by atoms with Gasteiger partial charge in [0.05, 0.1) is 46.2 Å². The molecule has 6 nitrogen and oxygen atoms in total. The second-order valence-corrected chi connectivity index (χ2v) is 8.12. The number of ether oxygens (including phenoxy) is 4. The van der Waals surface area contributed by atoms with Gasteiger partial charge in [-0.1, -0.05) is 70.4 Å². The highest BCUT2D eigenvalue weighted by Crippen LogP contribution is 2.10. The lowest BCUT2D eigenvalue weighted by molar-refractivity contribution is -0.145. The van der Waals surface area contributed by atoms with Crippen molar-refractivity contribution in [3.05, 3.63) is 12.2 Å². The van der Waals surface area contributed by atoms with Crippen LogP contribution in [0.4, 0.5) is 0 Å². The first-order valence-corrected chi connectivity index (χ1v) is 13.0. The van der Waals surface area contributed by atoms with E-state index >= 15 is 0 Å². The molecule has 0 aliphatic heterocycles. The average Bonchev–Trinajstić information content (AvgIpc) is 2.80. The minimum Gasteiger partial charge on any atom is -0.463 e. The molecule has 0 radical (unpaired) electrons. The van der Waals surface area contributed by atoms with E-state index < -0.39 is 0 Å². The van der Waals surface area contributed by atoms with Gasteiger partial charge in [0.2, 0.25) is 0 Å². The maximum absolute atomic E-state index is 11.7. The van der Waals surface area contributed by atoms with Crippen LogP contribution in [0.3, 0.4) is 0 Å². The number of carbonyl (C=O) groups is 1. The number of carbonyl (C=O) groups excluding carboxylic acids is 1. The third-order valence-electron chi connectivity index (χ3n) is 5.11. The number of aliphatic hydroxyl groups excluding tert-OH is 1. The first kappa shape index (κ1) is 31.0. The Morgan fingerprint density at radius 3 is 1.66 bits per heavy atom. The maximum atomic E-state index is 11.7. The van der Waals surface area contributed by atoms with Crippen molar-refractivity contribution in [1.82, 2.24) is 0 Å². The number of esters is 1. The quantitative estimate of drug-likeness (QED) is 0.103. The highest BCUT2D eigenvalue weighted by molar-refractivity contribution is 5.69. The Hall–Kier alpha value is -0.950. The van der Waals surface area contributed by atoms with Crippen LogP contribution in [0.1, 0.15) is 96.8 Å². The van der Waals surface area contributed by atoms with Gasteiger partial charge in [-0.25, -0.2) is 0 Å². The van der Waals surface area contributed by atoms with Crippen LogP contribution in [0.5, 0.6) is 0 Å². The fraction of sp³-hybridized carbons (Fsp3) is 0.885. The molecule has 0 unspecified atom stereocenters. The molecule has 0 fully saturated rings. The summed E-state index contributed by atoms with van der Waals surface area (Å²) in [5.74, 6) is -0.136. The summed E-state index contributed by atoms with van der Waals surface area (Å²) in [5, 5.41) is 8.55. The number of hydrogen-bond acceptors (Lipinski definition) is 6. The van der Waals surface area contributed by atoms with Gasteiger partial charge in [0.1, 0.15) is 6.61 Å². The van der Waals surface area contributed by atoms with Crippen molar-refractivity contribution in [2.75, 3.05) is 52.9 Å². The Kier molecular flexibility index (Phi) is 27.2. The Labute approximate surface area is 197 Å². The third-order valence-corrected chi connectivity index (χ3v) is 5.11. The fourth-order valence-corrected chi connectivity index (χ4v) is 3.23.